The lowest BCUT2D eigenvalue weighted by Crippen LogP contribution is -2.59. The van der Waals surface area contributed by atoms with Gasteiger partial charge in [-0.15, -0.1) is 0 Å². The molecule has 2 saturated heterocycles. The molecule has 3 aliphatic rings. The third-order valence-corrected chi connectivity index (χ3v) is 10.1. The highest BCUT2D eigenvalue weighted by Crippen LogP contribution is 2.35. The Morgan fingerprint density at radius 1 is 1.07 bits per heavy atom. The average Bonchev–Trinajstić information content (AvgIpc) is 3.73. The predicted molar refractivity (Wildman–Crippen MR) is 159 cm³/mol. The molecule has 0 aromatic heterocycles. The van der Waals surface area contributed by atoms with Gasteiger partial charge in [-0.25, -0.2) is 0 Å². The quantitative estimate of drug-likeness (QED) is 0.263. The van der Waals surface area contributed by atoms with Crippen molar-refractivity contribution < 1.29 is 33.8 Å². The molecule has 11 nitrogen and oxygen atoms in total. The van der Waals surface area contributed by atoms with Crippen LogP contribution >= 0.6 is 0 Å². The molecule has 240 valence electrons. The first-order valence-corrected chi connectivity index (χ1v) is 15.8. The second-order valence-electron chi connectivity index (χ2n) is 13.1. The van der Waals surface area contributed by atoms with E-state index >= 15 is 0 Å². The van der Waals surface area contributed by atoms with Gasteiger partial charge in [-0.05, 0) is 56.8 Å². The first-order valence-electron chi connectivity index (χ1n) is 15.8. The minimum atomic E-state index is -0.962. The molecule has 10 atom stereocenters. The van der Waals surface area contributed by atoms with E-state index in [0.29, 0.717) is 24.9 Å². The van der Waals surface area contributed by atoms with Gasteiger partial charge in [0.15, 0.2) is 0 Å². The summed E-state index contributed by atoms with van der Waals surface area (Å²) in [7, 11) is 4.78. The number of carbonyl (C=O) groups is 4. The Morgan fingerprint density at radius 2 is 1.76 bits per heavy atom. The number of likely N-dealkylation sites (N-methyl/N-ethyl adjacent to an activating group) is 1. The number of nitrogens with one attached hydrogen (secondary N) is 2. The monoisotopic (exact) mass is 594 g/mol. The van der Waals surface area contributed by atoms with Crippen molar-refractivity contribution in [3.05, 3.63) is 0 Å². The van der Waals surface area contributed by atoms with E-state index in [4.69, 9.17) is 9.47 Å². The van der Waals surface area contributed by atoms with Crippen LogP contribution in [0.2, 0.25) is 0 Å². The summed E-state index contributed by atoms with van der Waals surface area (Å²) in [6, 6.07) is -1.32. The van der Waals surface area contributed by atoms with Crippen molar-refractivity contribution >= 4 is 23.7 Å². The summed E-state index contributed by atoms with van der Waals surface area (Å²) in [5, 5.41) is 16.1. The molecule has 11 heteroatoms. The minimum Gasteiger partial charge on any atom is -0.481 e. The highest BCUT2D eigenvalue weighted by molar-refractivity contribution is 5.90. The van der Waals surface area contributed by atoms with Gasteiger partial charge in [0.25, 0.3) is 0 Å². The van der Waals surface area contributed by atoms with Crippen molar-refractivity contribution in [1.82, 2.24) is 20.4 Å². The van der Waals surface area contributed by atoms with Crippen LogP contribution < -0.4 is 10.6 Å². The molecule has 6 unspecified atom stereocenters. The van der Waals surface area contributed by atoms with Gasteiger partial charge < -0.3 is 35.0 Å². The van der Waals surface area contributed by atoms with E-state index in [1.807, 2.05) is 27.7 Å². The first-order chi connectivity index (χ1) is 19.9. The SMILES string of the molecule is CCC(C)C(C(CC(=O)N1CCC[C@H]1C(OC)C(C)C(=O)O)OC)N(C)C(=O)C(NC(=O)[C@H]1N[C@@H]2CC[C@H]1C2)C(C)C. The maximum absolute atomic E-state index is 14.0. The zero-order valence-corrected chi connectivity index (χ0v) is 26.8. The smallest absolute Gasteiger partial charge is 0.308 e. The second-order valence-corrected chi connectivity index (χ2v) is 13.1. The Hall–Kier alpha value is -2.24. The number of carboxylic acid groups (broad SMARTS) is 1. The number of carbonyl (C=O) groups excluding carboxylic acids is 3. The van der Waals surface area contributed by atoms with Crippen molar-refractivity contribution in [3.63, 3.8) is 0 Å². The van der Waals surface area contributed by atoms with Crippen LogP contribution in [0.1, 0.15) is 79.6 Å². The Morgan fingerprint density at radius 3 is 2.26 bits per heavy atom. The molecule has 1 aliphatic carbocycles. The van der Waals surface area contributed by atoms with Crippen molar-refractivity contribution in [2.24, 2.45) is 23.7 Å². The van der Waals surface area contributed by atoms with E-state index in [-0.39, 0.29) is 48.1 Å². The number of hydrogen-bond acceptors (Lipinski definition) is 7. The fourth-order valence-corrected chi connectivity index (χ4v) is 7.42. The maximum atomic E-state index is 14.0. The number of aliphatic carboxylic acids is 1. The highest BCUT2D eigenvalue weighted by atomic mass is 16.5. The Bertz CT molecular complexity index is 962. The van der Waals surface area contributed by atoms with Gasteiger partial charge >= 0.3 is 5.97 Å². The van der Waals surface area contributed by atoms with Gasteiger partial charge in [0.05, 0.1) is 42.7 Å². The summed E-state index contributed by atoms with van der Waals surface area (Å²) >= 11 is 0. The summed E-state index contributed by atoms with van der Waals surface area (Å²) in [6.07, 6.45) is 4.18. The summed E-state index contributed by atoms with van der Waals surface area (Å²) in [4.78, 5) is 56.1. The van der Waals surface area contributed by atoms with E-state index in [1.54, 1.807) is 30.9 Å². The highest BCUT2D eigenvalue weighted by Gasteiger charge is 2.45. The normalized spacial score (nSPS) is 27.8. The molecule has 0 aromatic carbocycles. The van der Waals surface area contributed by atoms with Gasteiger partial charge in [-0.3, -0.25) is 19.2 Å². The van der Waals surface area contributed by atoms with Crippen LogP contribution in [0.15, 0.2) is 0 Å². The molecule has 0 radical (unpaired) electrons. The number of nitrogens with zero attached hydrogens (tertiary/aromatic N) is 2. The third-order valence-electron chi connectivity index (χ3n) is 10.1. The van der Waals surface area contributed by atoms with Crippen molar-refractivity contribution in [2.45, 2.75) is 122 Å². The Labute approximate surface area is 251 Å². The molecule has 2 heterocycles. The molecule has 0 aromatic rings. The van der Waals surface area contributed by atoms with Crippen LogP contribution in [-0.4, -0.2) is 109 Å². The maximum Gasteiger partial charge on any atom is 0.308 e. The second kappa shape index (κ2) is 15.0. The Balaban J connectivity index is 1.76. The molecule has 3 rings (SSSR count). The van der Waals surface area contributed by atoms with Crippen LogP contribution in [0, 0.1) is 23.7 Å². The number of methoxy groups -OCH3 is 2. The number of amides is 3. The van der Waals surface area contributed by atoms with Gasteiger partial charge in [0.2, 0.25) is 17.7 Å². The van der Waals surface area contributed by atoms with E-state index in [9.17, 15) is 24.3 Å². The molecular formula is C31H54N4O7. The number of likely N-dealkylation sites (tertiary alicyclic amines) is 1. The number of ether oxygens (including phenoxy) is 2. The number of carboxylic acids is 1. The summed E-state index contributed by atoms with van der Waals surface area (Å²) in [6.45, 7) is 10.1. The third kappa shape index (κ3) is 7.45. The van der Waals surface area contributed by atoms with Crippen LogP contribution in [-0.2, 0) is 28.7 Å². The molecule has 2 aliphatic heterocycles. The van der Waals surface area contributed by atoms with E-state index in [1.165, 1.54) is 7.11 Å². The van der Waals surface area contributed by atoms with Crippen LogP contribution in [0.5, 0.6) is 0 Å². The van der Waals surface area contributed by atoms with E-state index < -0.39 is 36.2 Å². The van der Waals surface area contributed by atoms with Crippen molar-refractivity contribution in [3.8, 4) is 0 Å². The predicted octanol–water partition coefficient (Wildman–Crippen LogP) is 2.27. The van der Waals surface area contributed by atoms with Gasteiger partial charge in [-0.2, -0.15) is 0 Å². The lowest BCUT2D eigenvalue weighted by molar-refractivity contribution is -0.152. The molecule has 3 N–H and O–H groups in total. The lowest BCUT2D eigenvalue weighted by Gasteiger charge is -2.41. The fraction of sp³-hybridized carbons (Fsp3) is 0.871. The number of fused-ring (bicyclic) bond motifs is 2. The number of hydrogen-bond donors (Lipinski definition) is 3. The van der Waals surface area contributed by atoms with E-state index in [0.717, 1.165) is 32.1 Å². The Kier molecular flexibility index (Phi) is 12.2. The molecule has 3 amide bonds. The molecule has 2 bridgehead atoms. The summed E-state index contributed by atoms with van der Waals surface area (Å²) < 4.78 is 11.5. The lowest BCUT2D eigenvalue weighted by atomic mass is 9.89. The largest absolute Gasteiger partial charge is 0.481 e. The zero-order valence-electron chi connectivity index (χ0n) is 26.8. The number of piperidine rings is 1. The van der Waals surface area contributed by atoms with Crippen molar-refractivity contribution in [1.29, 1.82) is 0 Å². The van der Waals surface area contributed by atoms with Crippen molar-refractivity contribution in [2.75, 3.05) is 27.8 Å². The standard InChI is InChI=1S/C31H54N4O7/c1-9-18(4)27(23(41-7)16-24(36)35-14-10-11-22(35)28(42-8)19(5)31(39)40)34(6)30(38)25(17(2)3)33-29(37)26-20-12-13-21(15-20)32-26/h17-23,25-28,32H,9-16H2,1-8H3,(H,33,37)(H,39,40)/t18?,19?,20-,21+,22-,23?,25?,26-,27?,28?/m0/s1. The van der Waals surface area contributed by atoms with Crippen LogP contribution in [0.25, 0.3) is 0 Å². The van der Waals surface area contributed by atoms with Gasteiger partial charge in [0.1, 0.15) is 6.04 Å². The average molecular weight is 595 g/mol. The van der Waals surface area contributed by atoms with E-state index in [2.05, 4.69) is 10.6 Å². The zero-order chi connectivity index (χ0) is 31.3. The molecule has 3 fully saturated rings. The molecule has 0 spiro atoms. The fourth-order valence-electron chi connectivity index (χ4n) is 7.42. The molecular weight excluding hydrogens is 540 g/mol. The van der Waals surface area contributed by atoms with Crippen LogP contribution in [0.3, 0.4) is 0 Å². The van der Waals surface area contributed by atoms with Gasteiger partial charge in [-0.1, -0.05) is 34.1 Å². The summed E-state index contributed by atoms with van der Waals surface area (Å²) in [5.74, 6) is -1.99. The minimum absolute atomic E-state index is 0.0144. The molecule has 1 saturated carbocycles. The first kappa shape index (κ1) is 34.3. The summed E-state index contributed by atoms with van der Waals surface area (Å²) in [5.41, 5.74) is 0. The molecule has 42 heavy (non-hydrogen) atoms. The number of rotatable bonds is 15. The van der Waals surface area contributed by atoms with Crippen LogP contribution in [0.4, 0.5) is 0 Å². The van der Waals surface area contributed by atoms with Gasteiger partial charge in [0, 0.05) is 33.9 Å². The topological polar surface area (TPSA) is 138 Å².